The van der Waals surface area contributed by atoms with Gasteiger partial charge in [-0.1, -0.05) is 0 Å². The first-order chi connectivity index (χ1) is 9.70. The SMILES string of the molecule is Cc1cc(N)c(NS(=O)(=O)c2ccc(F)cc2C)cc1C. The molecule has 3 N–H and O–H groups in total. The Morgan fingerprint density at radius 1 is 1.00 bits per heavy atom. The van der Waals surface area contributed by atoms with Gasteiger partial charge in [-0.2, -0.15) is 0 Å². The molecule has 112 valence electrons. The fraction of sp³-hybridized carbons (Fsp3) is 0.200. The van der Waals surface area contributed by atoms with Crippen molar-refractivity contribution < 1.29 is 12.8 Å². The summed E-state index contributed by atoms with van der Waals surface area (Å²) in [6.07, 6.45) is 0. The van der Waals surface area contributed by atoms with Gasteiger partial charge in [-0.3, -0.25) is 4.72 Å². The summed E-state index contributed by atoms with van der Waals surface area (Å²) in [6.45, 7) is 5.31. The van der Waals surface area contributed by atoms with Gasteiger partial charge < -0.3 is 5.73 Å². The van der Waals surface area contributed by atoms with Gasteiger partial charge in [-0.05, 0) is 67.8 Å². The number of benzene rings is 2. The summed E-state index contributed by atoms with van der Waals surface area (Å²) in [5, 5.41) is 0. The van der Waals surface area contributed by atoms with E-state index in [9.17, 15) is 12.8 Å². The Morgan fingerprint density at radius 2 is 1.62 bits per heavy atom. The van der Waals surface area contributed by atoms with E-state index in [0.717, 1.165) is 17.2 Å². The smallest absolute Gasteiger partial charge is 0.262 e. The molecule has 0 bridgehead atoms. The summed E-state index contributed by atoms with van der Waals surface area (Å²) in [5.41, 5.74) is 8.77. The summed E-state index contributed by atoms with van der Waals surface area (Å²) >= 11 is 0. The highest BCUT2D eigenvalue weighted by atomic mass is 32.2. The lowest BCUT2D eigenvalue weighted by molar-refractivity contribution is 0.598. The highest BCUT2D eigenvalue weighted by Gasteiger charge is 2.18. The molecule has 4 nitrogen and oxygen atoms in total. The number of aryl methyl sites for hydroxylation is 3. The molecule has 2 aromatic carbocycles. The lowest BCUT2D eigenvalue weighted by Crippen LogP contribution is -2.15. The summed E-state index contributed by atoms with van der Waals surface area (Å²) in [6, 6.07) is 6.93. The highest BCUT2D eigenvalue weighted by Crippen LogP contribution is 2.26. The standard InChI is InChI=1S/C15H17FN2O2S/c1-9-7-13(17)14(8-10(9)2)18-21(19,20)15-5-4-12(16)6-11(15)3/h4-8,18H,17H2,1-3H3. The van der Waals surface area contributed by atoms with Crippen molar-refractivity contribution in [3.8, 4) is 0 Å². The minimum absolute atomic E-state index is 0.0292. The lowest BCUT2D eigenvalue weighted by atomic mass is 10.1. The Morgan fingerprint density at radius 3 is 2.24 bits per heavy atom. The first kappa shape index (κ1) is 15.3. The van der Waals surface area contributed by atoms with Crippen molar-refractivity contribution in [1.29, 1.82) is 0 Å². The average molecular weight is 308 g/mol. The first-order valence-corrected chi connectivity index (χ1v) is 7.85. The van der Waals surface area contributed by atoms with Crippen LogP contribution in [0.25, 0.3) is 0 Å². The van der Waals surface area contributed by atoms with Gasteiger partial charge in [0.05, 0.1) is 16.3 Å². The van der Waals surface area contributed by atoms with Crippen LogP contribution in [0.2, 0.25) is 0 Å². The molecule has 0 amide bonds. The van der Waals surface area contributed by atoms with Crippen LogP contribution in [-0.2, 0) is 10.0 Å². The topological polar surface area (TPSA) is 72.2 Å². The third-order valence-corrected chi connectivity index (χ3v) is 4.86. The van der Waals surface area contributed by atoms with Crippen molar-refractivity contribution >= 4 is 21.4 Å². The molecule has 0 heterocycles. The molecular weight excluding hydrogens is 291 g/mol. The van der Waals surface area contributed by atoms with Crippen molar-refractivity contribution in [2.24, 2.45) is 0 Å². The molecular formula is C15H17FN2O2S. The van der Waals surface area contributed by atoms with E-state index in [1.807, 2.05) is 13.8 Å². The molecule has 0 spiro atoms. The molecule has 0 aromatic heterocycles. The Labute approximate surface area is 123 Å². The van der Waals surface area contributed by atoms with Gasteiger partial charge in [0.25, 0.3) is 10.0 Å². The molecule has 0 radical (unpaired) electrons. The van der Waals surface area contributed by atoms with Crippen LogP contribution in [0, 0.1) is 26.6 Å². The largest absolute Gasteiger partial charge is 0.397 e. The third-order valence-electron chi connectivity index (χ3n) is 3.34. The number of halogens is 1. The molecule has 0 aliphatic rings. The van der Waals surface area contributed by atoms with Crippen LogP contribution in [0.4, 0.5) is 15.8 Å². The van der Waals surface area contributed by atoms with E-state index in [-0.39, 0.29) is 4.90 Å². The minimum atomic E-state index is -3.81. The van der Waals surface area contributed by atoms with Crippen LogP contribution >= 0.6 is 0 Å². The van der Waals surface area contributed by atoms with Crippen molar-refractivity contribution in [1.82, 2.24) is 0 Å². The van der Waals surface area contributed by atoms with Crippen LogP contribution in [0.5, 0.6) is 0 Å². The van der Waals surface area contributed by atoms with Gasteiger partial charge in [0, 0.05) is 0 Å². The van der Waals surface area contributed by atoms with E-state index in [0.29, 0.717) is 16.9 Å². The van der Waals surface area contributed by atoms with Gasteiger partial charge in [0.2, 0.25) is 0 Å². The summed E-state index contributed by atoms with van der Waals surface area (Å²) in [7, 11) is -3.81. The highest BCUT2D eigenvalue weighted by molar-refractivity contribution is 7.92. The molecule has 0 aliphatic carbocycles. The molecule has 0 saturated heterocycles. The number of hydrogen-bond donors (Lipinski definition) is 2. The second kappa shape index (κ2) is 5.37. The summed E-state index contributed by atoms with van der Waals surface area (Å²) < 4.78 is 40.3. The first-order valence-electron chi connectivity index (χ1n) is 6.36. The van der Waals surface area contributed by atoms with E-state index in [1.165, 1.54) is 12.1 Å². The Bertz CT molecular complexity index is 802. The molecule has 0 unspecified atom stereocenters. The maximum absolute atomic E-state index is 13.1. The molecule has 0 aliphatic heterocycles. The van der Waals surface area contributed by atoms with Crippen molar-refractivity contribution in [3.63, 3.8) is 0 Å². The predicted octanol–water partition coefficient (Wildman–Crippen LogP) is 3.13. The Kier molecular flexibility index (Phi) is 3.91. The van der Waals surface area contributed by atoms with Crippen LogP contribution < -0.4 is 10.5 Å². The maximum Gasteiger partial charge on any atom is 0.262 e. The van der Waals surface area contributed by atoms with Crippen molar-refractivity contribution in [3.05, 3.63) is 52.8 Å². The monoisotopic (exact) mass is 308 g/mol. The number of nitrogen functional groups attached to an aromatic ring is 1. The van der Waals surface area contributed by atoms with Gasteiger partial charge in [-0.15, -0.1) is 0 Å². The molecule has 2 aromatic rings. The van der Waals surface area contributed by atoms with Crippen molar-refractivity contribution in [2.45, 2.75) is 25.7 Å². The van der Waals surface area contributed by atoms with E-state index in [2.05, 4.69) is 4.72 Å². The van der Waals surface area contributed by atoms with Gasteiger partial charge in [-0.25, -0.2) is 12.8 Å². The number of rotatable bonds is 3. The van der Waals surface area contributed by atoms with Crippen LogP contribution in [0.3, 0.4) is 0 Å². The van der Waals surface area contributed by atoms with E-state index in [4.69, 9.17) is 5.73 Å². The number of nitrogens with one attached hydrogen (secondary N) is 1. The van der Waals surface area contributed by atoms with Crippen molar-refractivity contribution in [2.75, 3.05) is 10.5 Å². The normalized spacial score (nSPS) is 11.4. The number of hydrogen-bond acceptors (Lipinski definition) is 3. The molecule has 0 atom stereocenters. The molecule has 21 heavy (non-hydrogen) atoms. The fourth-order valence-electron chi connectivity index (χ4n) is 2.04. The second-order valence-corrected chi connectivity index (χ2v) is 6.69. The number of sulfonamides is 1. The van der Waals surface area contributed by atoms with E-state index >= 15 is 0 Å². The summed E-state index contributed by atoms with van der Waals surface area (Å²) in [5.74, 6) is -0.475. The summed E-state index contributed by atoms with van der Waals surface area (Å²) in [4.78, 5) is 0.0292. The zero-order valence-corrected chi connectivity index (χ0v) is 12.9. The van der Waals surface area contributed by atoms with Gasteiger partial charge >= 0.3 is 0 Å². The van der Waals surface area contributed by atoms with Gasteiger partial charge in [0.15, 0.2) is 0 Å². The lowest BCUT2D eigenvalue weighted by Gasteiger charge is -2.14. The average Bonchev–Trinajstić information content (AvgIpc) is 2.35. The minimum Gasteiger partial charge on any atom is -0.397 e. The maximum atomic E-state index is 13.1. The van der Waals surface area contributed by atoms with Crippen LogP contribution in [0.15, 0.2) is 35.2 Å². The number of nitrogens with two attached hydrogens (primary N) is 1. The van der Waals surface area contributed by atoms with Crippen LogP contribution in [-0.4, -0.2) is 8.42 Å². The molecule has 0 saturated carbocycles. The predicted molar refractivity (Wildman–Crippen MR) is 82.3 cm³/mol. The number of anilines is 2. The third kappa shape index (κ3) is 3.16. The fourth-order valence-corrected chi connectivity index (χ4v) is 3.35. The van der Waals surface area contributed by atoms with E-state index in [1.54, 1.807) is 19.1 Å². The van der Waals surface area contributed by atoms with Crippen LogP contribution in [0.1, 0.15) is 16.7 Å². The zero-order chi connectivity index (χ0) is 15.8. The van der Waals surface area contributed by atoms with E-state index < -0.39 is 15.8 Å². The Hall–Kier alpha value is -2.08. The zero-order valence-electron chi connectivity index (χ0n) is 12.1. The molecule has 0 fully saturated rings. The van der Waals surface area contributed by atoms with Gasteiger partial charge in [0.1, 0.15) is 5.82 Å². The molecule has 2 rings (SSSR count). The molecule has 6 heteroatoms. The Balaban J connectivity index is 2.45. The quantitative estimate of drug-likeness (QED) is 0.856. The second-order valence-electron chi connectivity index (χ2n) is 5.04.